The quantitative estimate of drug-likeness (QED) is 0.646. The summed E-state index contributed by atoms with van der Waals surface area (Å²) in [4.78, 5) is 40.5. The Morgan fingerprint density at radius 1 is 1.11 bits per heavy atom. The van der Waals surface area contributed by atoms with Gasteiger partial charge in [-0.25, -0.2) is 0 Å². The largest absolute Gasteiger partial charge is 0.350 e. The van der Waals surface area contributed by atoms with Gasteiger partial charge >= 0.3 is 0 Å². The van der Waals surface area contributed by atoms with Gasteiger partial charge in [0, 0.05) is 18.4 Å². The number of anilines is 1. The highest BCUT2D eigenvalue weighted by molar-refractivity contribution is 6.27. The van der Waals surface area contributed by atoms with Crippen molar-refractivity contribution in [1.82, 2.24) is 10.1 Å². The first-order valence-electron chi connectivity index (χ1n) is 9.46. The number of nitrogens with zero attached hydrogens (tertiary/aromatic N) is 2. The standard InChI is InChI=1S/C21H18BN3O3/c22-24-8-6-12(7-9-24)14-10-13-2-1-3-16-19(13)15(11-14)21(28)25(16)17-4-5-18(26)23-20(17)27/h1-3,6,10-11,17H,4-5,7-9H2,(H,23,26,27). The molecule has 138 valence electrons. The number of carbonyl (C=O) groups is 3. The molecule has 0 spiro atoms. The summed E-state index contributed by atoms with van der Waals surface area (Å²) in [5, 5.41) is 4.20. The van der Waals surface area contributed by atoms with Crippen molar-refractivity contribution in [1.29, 1.82) is 0 Å². The van der Waals surface area contributed by atoms with E-state index in [0.29, 0.717) is 18.5 Å². The molecule has 7 heteroatoms. The van der Waals surface area contributed by atoms with Gasteiger partial charge in [0.25, 0.3) is 5.91 Å². The normalized spacial score (nSPS) is 22.6. The third-order valence-electron chi connectivity index (χ3n) is 5.80. The predicted octanol–water partition coefficient (Wildman–Crippen LogP) is 1.78. The second kappa shape index (κ2) is 6.31. The van der Waals surface area contributed by atoms with E-state index in [9.17, 15) is 14.4 Å². The van der Waals surface area contributed by atoms with E-state index in [1.807, 2.05) is 24.3 Å². The van der Waals surface area contributed by atoms with Gasteiger partial charge in [-0.15, -0.1) is 0 Å². The molecule has 3 aliphatic heterocycles. The lowest BCUT2D eigenvalue weighted by atomic mass is 9.93. The Hall–Kier alpha value is -2.93. The minimum atomic E-state index is -0.661. The van der Waals surface area contributed by atoms with E-state index in [1.165, 1.54) is 5.57 Å². The van der Waals surface area contributed by atoms with Gasteiger partial charge in [-0.1, -0.05) is 18.2 Å². The fourth-order valence-electron chi connectivity index (χ4n) is 4.39. The zero-order chi connectivity index (χ0) is 19.4. The molecule has 1 atom stereocenters. The lowest BCUT2D eigenvalue weighted by Crippen LogP contribution is -2.53. The van der Waals surface area contributed by atoms with Gasteiger partial charge in [0.1, 0.15) is 6.04 Å². The lowest BCUT2D eigenvalue weighted by Gasteiger charge is -2.30. The topological polar surface area (TPSA) is 69.7 Å². The molecule has 1 unspecified atom stereocenters. The van der Waals surface area contributed by atoms with E-state index in [-0.39, 0.29) is 18.2 Å². The zero-order valence-electron chi connectivity index (χ0n) is 15.3. The van der Waals surface area contributed by atoms with Crippen LogP contribution in [0.1, 0.15) is 35.2 Å². The molecule has 5 rings (SSSR count). The van der Waals surface area contributed by atoms with Crippen molar-refractivity contribution in [2.24, 2.45) is 0 Å². The van der Waals surface area contributed by atoms with Crippen molar-refractivity contribution in [3.63, 3.8) is 0 Å². The second-order valence-electron chi connectivity index (χ2n) is 7.52. The van der Waals surface area contributed by atoms with Crippen LogP contribution in [0.5, 0.6) is 0 Å². The molecule has 2 aromatic carbocycles. The summed E-state index contributed by atoms with van der Waals surface area (Å²) in [7, 11) is 5.84. The first kappa shape index (κ1) is 17.2. The van der Waals surface area contributed by atoms with Crippen LogP contribution in [0, 0.1) is 0 Å². The number of hydrogen-bond donors (Lipinski definition) is 1. The molecule has 3 aliphatic rings. The van der Waals surface area contributed by atoms with Crippen LogP contribution in [0.2, 0.25) is 0 Å². The molecule has 0 aromatic heterocycles. The summed E-state index contributed by atoms with van der Waals surface area (Å²) in [5.74, 6) is -0.879. The summed E-state index contributed by atoms with van der Waals surface area (Å²) < 4.78 is 0. The van der Waals surface area contributed by atoms with Crippen LogP contribution in [-0.4, -0.2) is 49.6 Å². The maximum absolute atomic E-state index is 13.3. The van der Waals surface area contributed by atoms with Crippen molar-refractivity contribution >= 4 is 47.7 Å². The molecule has 0 saturated carbocycles. The molecular formula is C21H18BN3O3. The fraction of sp³-hybridized carbons (Fsp3) is 0.286. The van der Waals surface area contributed by atoms with Crippen LogP contribution >= 0.6 is 0 Å². The van der Waals surface area contributed by atoms with Crippen LogP contribution in [0.4, 0.5) is 5.69 Å². The zero-order valence-corrected chi connectivity index (χ0v) is 15.3. The van der Waals surface area contributed by atoms with Crippen LogP contribution in [0.25, 0.3) is 16.3 Å². The molecule has 1 fully saturated rings. The highest BCUT2D eigenvalue weighted by Gasteiger charge is 2.40. The lowest BCUT2D eigenvalue weighted by molar-refractivity contribution is -0.134. The minimum absolute atomic E-state index is 0.181. The second-order valence-corrected chi connectivity index (χ2v) is 7.52. The molecule has 0 bridgehead atoms. The maximum Gasteiger partial charge on any atom is 0.259 e. The monoisotopic (exact) mass is 371 g/mol. The summed E-state index contributed by atoms with van der Waals surface area (Å²) >= 11 is 0. The van der Waals surface area contributed by atoms with Crippen LogP contribution < -0.4 is 10.2 Å². The van der Waals surface area contributed by atoms with Gasteiger partial charge in [-0.05, 0) is 54.1 Å². The van der Waals surface area contributed by atoms with Gasteiger partial charge < -0.3 is 4.81 Å². The van der Waals surface area contributed by atoms with E-state index < -0.39 is 11.9 Å². The Morgan fingerprint density at radius 2 is 1.96 bits per heavy atom. The van der Waals surface area contributed by atoms with Gasteiger partial charge in [-0.3, -0.25) is 24.6 Å². The van der Waals surface area contributed by atoms with Gasteiger partial charge in [0.15, 0.2) is 7.98 Å². The molecule has 1 N–H and O–H groups in total. The van der Waals surface area contributed by atoms with Crippen molar-refractivity contribution in [2.45, 2.75) is 25.3 Å². The summed E-state index contributed by atoms with van der Waals surface area (Å²) in [6, 6.07) is 9.13. The summed E-state index contributed by atoms with van der Waals surface area (Å²) in [6.07, 6.45) is 3.50. The minimum Gasteiger partial charge on any atom is -0.350 e. The van der Waals surface area contributed by atoms with Crippen molar-refractivity contribution in [2.75, 3.05) is 18.0 Å². The van der Waals surface area contributed by atoms with E-state index in [2.05, 4.69) is 17.5 Å². The Balaban J connectivity index is 1.60. The third-order valence-corrected chi connectivity index (χ3v) is 5.80. The number of piperidine rings is 1. The Morgan fingerprint density at radius 3 is 2.71 bits per heavy atom. The van der Waals surface area contributed by atoms with Gasteiger partial charge in [-0.2, -0.15) is 0 Å². The molecule has 2 radical (unpaired) electrons. The average Bonchev–Trinajstić information content (AvgIpc) is 2.96. The average molecular weight is 371 g/mol. The number of carbonyl (C=O) groups excluding carboxylic acids is 3. The van der Waals surface area contributed by atoms with Crippen molar-refractivity contribution in [3.05, 3.63) is 47.5 Å². The van der Waals surface area contributed by atoms with E-state index in [0.717, 1.165) is 35.0 Å². The van der Waals surface area contributed by atoms with Gasteiger partial charge in [0.2, 0.25) is 11.8 Å². The summed E-state index contributed by atoms with van der Waals surface area (Å²) in [6.45, 7) is 1.45. The molecule has 0 aliphatic carbocycles. The SMILES string of the molecule is [B]N1CC=C(c2cc3c4c(cccc4c2)N(C2CCC(=O)NC2=O)C3=O)CC1. The molecule has 6 nitrogen and oxygen atoms in total. The highest BCUT2D eigenvalue weighted by Crippen LogP contribution is 2.41. The van der Waals surface area contributed by atoms with Crippen molar-refractivity contribution in [3.8, 4) is 0 Å². The summed E-state index contributed by atoms with van der Waals surface area (Å²) in [5.41, 5.74) is 3.55. The first-order chi connectivity index (χ1) is 13.5. The first-order valence-corrected chi connectivity index (χ1v) is 9.46. The fourth-order valence-corrected chi connectivity index (χ4v) is 4.39. The molecule has 3 amide bonds. The number of hydrogen-bond acceptors (Lipinski definition) is 4. The Bertz CT molecular complexity index is 1080. The highest BCUT2D eigenvalue weighted by atomic mass is 16.2. The van der Waals surface area contributed by atoms with Crippen LogP contribution in [0.15, 0.2) is 36.4 Å². The van der Waals surface area contributed by atoms with Crippen LogP contribution in [-0.2, 0) is 9.59 Å². The molecule has 28 heavy (non-hydrogen) atoms. The van der Waals surface area contributed by atoms with Gasteiger partial charge in [0.05, 0.1) is 11.3 Å². The predicted molar refractivity (Wildman–Crippen MR) is 107 cm³/mol. The third kappa shape index (κ3) is 2.58. The van der Waals surface area contributed by atoms with E-state index >= 15 is 0 Å². The number of imide groups is 1. The smallest absolute Gasteiger partial charge is 0.259 e. The maximum atomic E-state index is 13.3. The number of benzene rings is 2. The molecule has 1 saturated heterocycles. The Labute approximate surface area is 163 Å². The number of nitrogens with one attached hydrogen (secondary N) is 1. The molecular weight excluding hydrogens is 353 g/mol. The van der Waals surface area contributed by atoms with Crippen molar-refractivity contribution < 1.29 is 14.4 Å². The number of rotatable bonds is 2. The van der Waals surface area contributed by atoms with E-state index in [4.69, 9.17) is 7.98 Å². The molecule has 2 aromatic rings. The van der Waals surface area contributed by atoms with Crippen LogP contribution in [0.3, 0.4) is 0 Å². The van der Waals surface area contributed by atoms with E-state index in [1.54, 1.807) is 9.71 Å². The number of amides is 3. The Kier molecular flexibility index (Phi) is 3.87. The molecule has 3 heterocycles.